The van der Waals surface area contributed by atoms with E-state index in [0.29, 0.717) is 20.1 Å². The number of rotatable bonds is 3. The first kappa shape index (κ1) is 18.6. The van der Waals surface area contributed by atoms with Crippen molar-refractivity contribution in [3.63, 3.8) is 0 Å². The van der Waals surface area contributed by atoms with Crippen molar-refractivity contribution in [2.24, 2.45) is 0 Å². The second-order valence-corrected chi connectivity index (χ2v) is 7.84. The van der Waals surface area contributed by atoms with Crippen LogP contribution in [0.25, 0.3) is 5.70 Å². The van der Waals surface area contributed by atoms with E-state index in [1.54, 1.807) is 34.6 Å². The summed E-state index contributed by atoms with van der Waals surface area (Å²) in [6.45, 7) is 8.86. The molecule has 0 spiro atoms. The summed E-state index contributed by atoms with van der Waals surface area (Å²) in [7, 11) is 1.30. The molecule has 1 aromatic heterocycles. The molecule has 0 aromatic carbocycles. The predicted molar refractivity (Wildman–Crippen MR) is 89.1 cm³/mol. The molecule has 1 N–H and O–H groups in total. The largest absolute Gasteiger partial charge is 0.464 e. The Balaban J connectivity index is 3.07. The Kier molecular flexibility index (Phi) is 6.13. The quantitative estimate of drug-likeness (QED) is 0.792. The number of aromatic nitrogens is 1. The number of allylic oxidation sites excluding steroid dienone is 1. The van der Waals surface area contributed by atoms with Gasteiger partial charge in [0.15, 0.2) is 5.69 Å². The number of nitrogens with zero attached hydrogens (tertiary/aromatic N) is 1. The van der Waals surface area contributed by atoms with Gasteiger partial charge in [-0.2, -0.15) is 0 Å². The van der Waals surface area contributed by atoms with Gasteiger partial charge in [-0.1, -0.05) is 15.9 Å². The number of hydrogen-bond donors (Lipinski definition) is 1. The van der Waals surface area contributed by atoms with Gasteiger partial charge < -0.3 is 9.47 Å². The molecule has 0 saturated heterocycles. The number of hydrogen-bond acceptors (Lipinski definition) is 6. The molecule has 22 heavy (non-hydrogen) atoms. The first-order valence-corrected chi connectivity index (χ1v) is 8.08. The van der Waals surface area contributed by atoms with Gasteiger partial charge in [0.2, 0.25) is 0 Å². The first-order valence-electron chi connectivity index (χ1n) is 6.47. The van der Waals surface area contributed by atoms with Crippen molar-refractivity contribution in [3.8, 4) is 0 Å². The molecule has 1 aromatic rings. The maximum absolute atomic E-state index is 11.9. The molecule has 0 aliphatic heterocycles. The summed E-state index contributed by atoms with van der Waals surface area (Å²) in [6.07, 6.45) is -0.589. The normalized spacial score (nSPS) is 12.5. The number of thiazole rings is 1. The van der Waals surface area contributed by atoms with E-state index in [9.17, 15) is 9.59 Å². The lowest BCUT2D eigenvalue weighted by Gasteiger charge is -2.20. The molecule has 0 bridgehead atoms. The molecule has 0 atom stereocenters. The van der Waals surface area contributed by atoms with E-state index in [1.165, 1.54) is 18.4 Å². The van der Waals surface area contributed by atoms with E-state index in [-0.39, 0.29) is 5.69 Å². The summed E-state index contributed by atoms with van der Waals surface area (Å²) in [5.74, 6) is -0.510. The molecule has 0 unspecified atom stereocenters. The second-order valence-electron chi connectivity index (χ2n) is 5.45. The topological polar surface area (TPSA) is 77.5 Å². The van der Waals surface area contributed by atoms with Crippen LogP contribution in [-0.4, -0.2) is 29.8 Å². The first-order chi connectivity index (χ1) is 10.0. The third-order valence-corrected chi connectivity index (χ3v) is 3.74. The summed E-state index contributed by atoms with van der Waals surface area (Å²) in [5.41, 5.74) is 0.0861. The molecule has 1 heterocycles. The predicted octanol–water partition coefficient (Wildman–Crippen LogP) is 3.85. The lowest BCUT2D eigenvalue weighted by molar-refractivity contribution is 0.0556. The summed E-state index contributed by atoms with van der Waals surface area (Å²) in [4.78, 5) is 28.5. The fraction of sp³-hybridized carbons (Fsp3) is 0.500. The fourth-order valence-corrected chi connectivity index (χ4v) is 2.86. The zero-order valence-electron chi connectivity index (χ0n) is 13.4. The number of halogens is 1. The standard InChI is InChI=1S/C14H19BrN2O4S/c1-7(15)9(17-13(19)21-14(3,4)5)11-16-10(8(2)22-11)12(18)20-6/h1-6H3,(H,17,19)/b9-7+. The molecule has 1 amide bonds. The average Bonchev–Trinajstić information content (AvgIpc) is 2.74. The van der Waals surface area contributed by atoms with Crippen molar-refractivity contribution in [1.82, 2.24) is 10.3 Å². The smallest absolute Gasteiger partial charge is 0.412 e. The Morgan fingerprint density at radius 1 is 1.32 bits per heavy atom. The highest BCUT2D eigenvalue weighted by Crippen LogP contribution is 2.27. The molecule has 0 saturated carbocycles. The summed E-state index contributed by atoms with van der Waals surface area (Å²) in [6, 6.07) is 0. The number of aryl methyl sites for hydroxylation is 1. The SMILES string of the molecule is COC(=O)c1nc(/C(NC(=O)OC(C)(C)C)=C(/C)Br)sc1C. The van der Waals surface area contributed by atoms with Gasteiger partial charge in [-0.15, -0.1) is 11.3 Å². The Morgan fingerprint density at radius 2 is 1.91 bits per heavy atom. The van der Waals surface area contributed by atoms with Gasteiger partial charge in [0.25, 0.3) is 0 Å². The highest BCUT2D eigenvalue weighted by atomic mass is 79.9. The van der Waals surface area contributed by atoms with Crippen LogP contribution < -0.4 is 5.32 Å². The summed E-state index contributed by atoms with van der Waals surface area (Å²) < 4.78 is 10.6. The fourth-order valence-electron chi connectivity index (χ4n) is 1.48. The van der Waals surface area contributed by atoms with E-state index in [0.717, 1.165) is 0 Å². The maximum Gasteiger partial charge on any atom is 0.412 e. The van der Waals surface area contributed by atoms with Crippen molar-refractivity contribution >= 4 is 45.0 Å². The number of amides is 1. The lowest BCUT2D eigenvalue weighted by Crippen LogP contribution is -2.31. The minimum atomic E-state index is -0.606. The highest BCUT2D eigenvalue weighted by Gasteiger charge is 2.22. The van der Waals surface area contributed by atoms with Crippen molar-refractivity contribution < 1.29 is 19.1 Å². The Labute approximate surface area is 142 Å². The van der Waals surface area contributed by atoms with Crippen molar-refractivity contribution in [1.29, 1.82) is 0 Å². The van der Waals surface area contributed by atoms with E-state index in [4.69, 9.17) is 4.74 Å². The maximum atomic E-state index is 11.9. The minimum Gasteiger partial charge on any atom is -0.464 e. The van der Waals surface area contributed by atoms with Gasteiger partial charge in [0, 0.05) is 9.36 Å². The van der Waals surface area contributed by atoms with Crippen LogP contribution in [0.3, 0.4) is 0 Å². The number of carbonyl (C=O) groups excluding carboxylic acids is 2. The van der Waals surface area contributed by atoms with Gasteiger partial charge in [-0.05, 0) is 34.6 Å². The minimum absolute atomic E-state index is 0.236. The van der Waals surface area contributed by atoms with Crippen LogP contribution in [0.15, 0.2) is 4.48 Å². The third kappa shape index (κ3) is 5.10. The second kappa shape index (κ2) is 7.23. The van der Waals surface area contributed by atoms with Crippen LogP contribution >= 0.6 is 27.3 Å². The van der Waals surface area contributed by atoms with Gasteiger partial charge in [-0.3, -0.25) is 5.32 Å². The number of alkyl carbamates (subject to hydrolysis) is 1. The molecular formula is C14H19BrN2O4S. The van der Waals surface area contributed by atoms with Crippen LogP contribution in [0, 0.1) is 6.92 Å². The molecule has 1 rings (SSSR count). The number of esters is 1. The van der Waals surface area contributed by atoms with Gasteiger partial charge in [-0.25, -0.2) is 14.6 Å². The van der Waals surface area contributed by atoms with Gasteiger partial charge in [0.1, 0.15) is 10.6 Å². The van der Waals surface area contributed by atoms with Crippen LogP contribution in [0.2, 0.25) is 0 Å². The molecule has 122 valence electrons. The van der Waals surface area contributed by atoms with Crippen molar-refractivity contribution in [2.75, 3.05) is 7.11 Å². The average molecular weight is 391 g/mol. The Bertz CT molecular complexity index is 613. The lowest BCUT2D eigenvalue weighted by atomic mass is 10.2. The van der Waals surface area contributed by atoms with E-state index < -0.39 is 17.7 Å². The summed E-state index contributed by atoms with van der Waals surface area (Å²) >= 11 is 4.62. The molecule has 6 nitrogen and oxygen atoms in total. The number of carbonyl (C=O) groups is 2. The van der Waals surface area contributed by atoms with E-state index in [1.807, 2.05) is 0 Å². The third-order valence-electron chi connectivity index (χ3n) is 2.36. The van der Waals surface area contributed by atoms with Gasteiger partial charge in [0.05, 0.1) is 12.8 Å². The van der Waals surface area contributed by atoms with Crippen LogP contribution in [-0.2, 0) is 9.47 Å². The zero-order chi connectivity index (χ0) is 17.1. The molecule has 0 fully saturated rings. The van der Waals surface area contributed by atoms with Gasteiger partial charge >= 0.3 is 12.1 Å². The molecule has 0 aliphatic carbocycles. The van der Waals surface area contributed by atoms with Crippen molar-refractivity contribution in [3.05, 3.63) is 20.1 Å². The Morgan fingerprint density at radius 3 is 2.36 bits per heavy atom. The van der Waals surface area contributed by atoms with E-state index >= 15 is 0 Å². The molecule has 8 heteroatoms. The highest BCUT2D eigenvalue weighted by molar-refractivity contribution is 9.11. The van der Waals surface area contributed by atoms with Crippen LogP contribution in [0.5, 0.6) is 0 Å². The van der Waals surface area contributed by atoms with E-state index in [2.05, 4.69) is 31.0 Å². The van der Waals surface area contributed by atoms with Crippen LogP contribution in [0.1, 0.15) is 48.1 Å². The molecule has 0 radical (unpaired) electrons. The Hall–Kier alpha value is -1.41. The number of methoxy groups -OCH3 is 1. The summed E-state index contributed by atoms with van der Waals surface area (Å²) in [5, 5.41) is 3.15. The molecular weight excluding hydrogens is 372 g/mol. The monoisotopic (exact) mass is 390 g/mol. The number of ether oxygens (including phenoxy) is 2. The number of nitrogens with one attached hydrogen (secondary N) is 1. The zero-order valence-corrected chi connectivity index (χ0v) is 15.8. The van der Waals surface area contributed by atoms with Crippen LogP contribution in [0.4, 0.5) is 4.79 Å². The molecule has 0 aliphatic rings. The van der Waals surface area contributed by atoms with Crippen molar-refractivity contribution in [2.45, 2.75) is 40.2 Å².